The lowest BCUT2D eigenvalue weighted by molar-refractivity contribution is 0.112. The van der Waals surface area contributed by atoms with Crippen LogP contribution >= 0.6 is 11.6 Å². The molecule has 1 heterocycles. The topological polar surface area (TPSA) is 89.0 Å². The van der Waals surface area contributed by atoms with Gasteiger partial charge in [0.15, 0.2) is 6.29 Å². The molecule has 0 bridgehead atoms. The van der Waals surface area contributed by atoms with Gasteiger partial charge in [0.05, 0.1) is 5.56 Å². The Bertz CT molecular complexity index is 584. The van der Waals surface area contributed by atoms with Crippen molar-refractivity contribution in [3.8, 4) is 0 Å². The zero-order chi connectivity index (χ0) is 13.3. The zero-order valence-electron chi connectivity index (χ0n) is 9.68. The van der Waals surface area contributed by atoms with Gasteiger partial charge in [0, 0.05) is 12.8 Å². The third-order valence-corrected chi connectivity index (χ3v) is 3.72. The summed E-state index contributed by atoms with van der Waals surface area (Å²) in [6.45, 7) is 0.650. The molecule has 2 rings (SSSR count). The Morgan fingerprint density at radius 3 is 2.61 bits per heavy atom. The molecule has 0 amide bonds. The molecule has 0 spiro atoms. The second-order valence-electron chi connectivity index (χ2n) is 4.27. The lowest BCUT2D eigenvalue weighted by atomic mass is 10.3. The van der Waals surface area contributed by atoms with Crippen LogP contribution in [0, 0.1) is 5.92 Å². The SMILES string of the molecule is CS(=O)(=O)c1nc(Cl)c(C=O)c(NCC2CC2)n1. The van der Waals surface area contributed by atoms with Crippen LogP contribution in [0.4, 0.5) is 5.82 Å². The van der Waals surface area contributed by atoms with Gasteiger partial charge in [-0.2, -0.15) is 0 Å². The highest BCUT2D eigenvalue weighted by Gasteiger charge is 2.23. The number of hydrogen-bond donors (Lipinski definition) is 1. The molecule has 0 radical (unpaired) electrons. The number of nitrogens with one attached hydrogen (secondary N) is 1. The maximum atomic E-state index is 11.4. The van der Waals surface area contributed by atoms with Gasteiger partial charge in [0.1, 0.15) is 11.0 Å². The number of hydrogen-bond acceptors (Lipinski definition) is 6. The highest BCUT2D eigenvalue weighted by molar-refractivity contribution is 7.90. The Morgan fingerprint density at radius 1 is 1.44 bits per heavy atom. The number of halogens is 1. The fourth-order valence-electron chi connectivity index (χ4n) is 1.39. The summed E-state index contributed by atoms with van der Waals surface area (Å²) in [4.78, 5) is 18.4. The van der Waals surface area contributed by atoms with Gasteiger partial charge in [-0.1, -0.05) is 11.6 Å². The van der Waals surface area contributed by atoms with Crippen LogP contribution < -0.4 is 5.32 Å². The Morgan fingerprint density at radius 2 is 2.11 bits per heavy atom. The summed E-state index contributed by atoms with van der Waals surface area (Å²) in [7, 11) is -3.56. The Balaban J connectivity index is 2.39. The van der Waals surface area contributed by atoms with Gasteiger partial charge in [-0.15, -0.1) is 0 Å². The van der Waals surface area contributed by atoms with Crippen molar-refractivity contribution in [3.05, 3.63) is 10.7 Å². The average molecular weight is 290 g/mol. The van der Waals surface area contributed by atoms with E-state index in [1.165, 1.54) is 0 Å². The van der Waals surface area contributed by atoms with Crippen molar-refractivity contribution in [2.45, 2.75) is 18.0 Å². The van der Waals surface area contributed by atoms with Crippen molar-refractivity contribution in [1.82, 2.24) is 9.97 Å². The number of carbonyl (C=O) groups excluding carboxylic acids is 1. The minimum atomic E-state index is -3.56. The number of aldehydes is 1. The summed E-state index contributed by atoms with van der Waals surface area (Å²) >= 11 is 5.78. The zero-order valence-corrected chi connectivity index (χ0v) is 11.3. The smallest absolute Gasteiger partial charge is 0.250 e. The molecular weight excluding hydrogens is 278 g/mol. The number of sulfone groups is 1. The predicted molar refractivity (Wildman–Crippen MR) is 66.8 cm³/mol. The summed E-state index contributed by atoms with van der Waals surface area (Å²) in [6, 6.07) is 0. The van der Waals surface area contributed by atoms with Crippen LogP contribution in [0.15, 0.2) is 5.16 Å². The molecule has 8 heteroatoms. The quantitative estimate of drug-likeness (QED) is 0.497. The van der Waals surface area contributed by atoms with E-state index in [-0.39, 0.29) is 21.7 Å². The summed E-state index contributed by atoms with van der Waals surface area (Å²) in [5.41, 5.74) is 0.0877. The average Bonchev–Trinajstić information content (AvgIpc) is 3.08. The molecule has 0 aromatic carbocycles. The van der Waals surface area contributed by atoms with Gasteiger partial charge in [-0.3, -0.25) is 4.79 Å². The van der Waals surface area contributed by atoms with E-state index in [9.17, 15) is 13.2 Å². The van der Waals surface area contributed by atoms with Gasteiger partial charge >= 0.3 is 0 Å². The lowest BCUT2D eigenvalue weighted by Gasteiger charge is -2.09. The molecule has 0 atom stereocenters. The second-order valence-corrected chi connectivity index (χ2v) is 6.54. The number of carbonyl (C=O) groups is 1. The normalized spacial score (nSPS) is 15.4. The number of nitrogens with zero attached hydrogens (tertiary/aromatic N) is 2. The Labute approximate surface area is 110 Å². The van der Waals surface area contributed by atoms with E-state index in [0.717, 1.165) is 19.1 Å². The van der Waals surface area contributed by atoms with Crippen LogP contribution in [0.25, 0.3) is 0 Å². The summed E-state index contributed by atoms with van der Waals surface area (Å²) in [5, 5.41) is 2.42. The van der Waals surface area contributed by atoms with E-state index < -0.39 is 9.84 Å². The number of aromatic nitrogens is 2. The monoisotopic (exact) mass is 289 g/mol. The van der Waals surface area contributed by atoms with Crippen molar-refractivity contribution in [2.24, 2.45) is 5.92 Å². The van der Waals surface area contributed by atoms with Crippen LogP contribution in [0.1, 0.15) is 23.2 Å². The lowest BCUT2D eigenvalue weighted by Crippen LogP contribution is -2.13. The third-order valence-electron chi connectivity index (χ3n) is 2.58. The van der Waals surface area contributed by atoms with Crippen LogP contribution in [-0.4, -0.2) is 37.5 Å². The van der Waals surface area contributed by atoms with E-state index in [1.807, 2.05) is 0 Å². The molecule has 0 saturated heterocycles. The van der Waals surface area contributed by atoms with Gasteiger partial charge < -0.3 is 5.32 Å². The van der Waals surface area contributed by atoms with E-state index in [1.54, 1.807) is 0 Å². The standard InChI is InChI=1S/C10H12ClN3O3S/c1-18(16,17)10-13-8(11)7(5-15)9(14-10)12-4-6-2-3-6/h5-6H,2-4H2,1H3,(H,12,13,14). The molecule has 1 saturated carbocycles. The Kier molecular flexibility index (Phi) is 3.54. The molecule has 0 unspecified atom stereocenters. The van der Waals surface area contributed by atoms with Crippen LogP contribution in [0.2, 0.25) is 5.15 Å². The van der Waals surface area contributed by atoms with Gasteiger partial charge in [0.25, 0.3) is 0 Å². The van der Waals surface area contributed by atoms with E-state index in [0.29, 0.717) is 18.7 Å². The minimum absolute atomic E-state index is 0.0877. The molecule has 1 aromatic rings. The van der Waals surface area contributed by atoms with Crippen molar-refractivity contribution in [1.29, 1.82) is 0 Å². The van der Waals surface area contributed by atoms with Gasteiger partial charge in [0.2, 0.25) is 15.0 Å². The first-order valence-electron chi connectivity index (χ1n) is 5.38. The van der Waals surface area contributed by atoms with Crippen LogP contribution in [0.5, 0.6) is 0 Å². The molecule has 0 aliphatic heterocycles. The highest BCUT2D eigenvalue weighted by atomic mass is 35.5. The maximum Gasteiger partial charge on any atom is 0.250 e. The second kappa shape index (κ2) is 4.81. The fourth-order valence-corrected chi connectivity index (χ4v) is 2.17. The largest absolute Gasteiger partial charge is 0.369 e. The van der Waals surface area contributed by atoms with Gasteiger partial charge in [-0.25, -0.2) is 18.4 Å². The predicted octanol–water partition coefficient (Wildman–Crippen LogP) is 1.17. The molecule has 1 aliphatic carbocycles. The highest BCUT2D eigenvalue weighted by Crippen LogP contribution is 2.29. The molecule has 6 nitrogen and oxygen atoms in total. The molecule has 1 aliphatic rings. The summed E-state index contributed by atoms with van der Waals surface area (Å²) < 4.78 is 22.8. The number of anilines is 1. The first-order valence-corrected chi connectivity index (χ1v) is 7.65. The Hall–Kier alpha value is -1.21. The minimum Gasteiger partial charge on any atom is -0.369 e. The molecular formula is C10H12ClN3O3S. The molecule has 98 valence electrons. The fraction of sp³-hybridized carbons (Fsp3) is 0.500. The van der Waals surface area contributed by atoms with Crippen LogP contribution in [0.3, 0.4) is 0 Å². The summed E-state index contributed by atoms with van der Waals surface area (Å²) in [5.74, 6) is 0.734. The van der Waals surface area contributed by atoms with Crippen molar-refractivity contribution in [3.63, 3.8) is 0 Å². The molecule has 1 aromatic heterocycles. The van der Waals surface area contributed by atoms with Gasteiger partial charge in [-0.05, 0) is 18.8 Å². The van der Waals surface area contributed by atoms with E-state index in [4.69, 9.17) is 11.6 Å². The molecule has 1 N–H and O–H groups in total. The molecule has 18 heavy (non-hydrogen) atoms. The van der Waals surface area contributed by atoms with Crippen molar-refractivity contribution < 1.29 is 13.2 Å². The van der Waals surface area contributed by atoms with E-state index in [2.05, 4.69) is 15.3 Å². The molecule has 1 fully saturated rings. The number of rotatable bonds is 5. The first-order chi connectivity index (χ1) is 8.41. The summed E-state index contributed by atoms with van der Waals surface area (Å²) in [6.07, 6.45) is 3.76. The van der Waals surface area contributed by atoms with E-state index >= 15 is 0 Å². The third kappa shape index (κ3) is 2.97. The first kappa shape index (κ1) is 13.2. The van der Waals surface area contributed by atoms with Crippen molar-refractivity contribution in [2.75, 3.05) is 18.1 Å². The maximum absolute atomic E-state index is 11.4. The van der Waals surface area contributed by atoms with Crippen molar-refractivity contribution >= 4 is 33.5 Å². The van der Waals surface area contributed by atoms with Crippen LogP contribution in [-0.2, 0) is 9.84 Å².